The second-order valence-corrected chi connectivity index (χ2v) is 6.18. The molecule has 3 amide bonds. The molecule has 0 saturated carbocycles. The van der Waals surface area contributed by atoms with Crippen molar-refractivity contribution >= 4 is 23.5 Å². The molecule has 26 heavy (non-hydrogen) atoms. The van der Waals surface area contributed by atoms with Crippen molar-refractivity contribution in [3.8, 4) is 0 Å². The molecule has 0 aliphatic carbocycles. The molecule has 138 valence electrons. The fraction of sp³-hybridized carbons (Fsp3) is 0.294. The number of hydrogen-bond donors (Lipinski definition) is 2. The normalized spacial score (nSPS) is 17.2. The van der Waals surface area contributed by atoms with Gasteiger partial charge in [-0.05, 0) is 29.8 Å². The quantitative estimate of drug-likeness (QED) is 0.849. The van der Waals surface area contributed by atoms with Gasteiger partial charge in [-0.25, -0.2) is 9.18 Å². The maximum Gasteiger partial charge on any atom is 0.317 e. The van der Waals surface area contributed by atoms with Gasteiger partial charge in [0.15, 0.2) is 5.76 Å². The predicted octanol–water partition coefficient (Wildman–Crippen LogP) is 2.45. The molecule has 7 nitrogen and oxygen atoms in total. The van der Waals surface area contributed by atoms with Gasteiger partial charge in [-0.2, -0.15) is 0 Å². The molecule has 1 aromatic heterocycles. The number of carbonyl (C=O) groups excluding carboxylic acids is 2. The van der Waals surface area contributed by atoms with Crippen LogP contribution in [0.1, 0.15) is 28.0 Å². The minimum Gasteiger partial charge on any atom is -0.454 e. The molecule has 9 heteroatoms. The Morgan fingerprint density at radius 1 is 1.35 bits per heavy atom. The van der Waals surface area contributed by atoms with E-state index in [1.807, 2.05) is 0 Å². The summed E-state index contributed by atoms with van der Waals surface area (Å²) < 4.78 is 24.2. The van der Waals surface area contributed by atoms with Gasteiger partial charge in [-0.15, -0.1) is 0 Å². The highest BCUT2D eigenvalue weighted by Crippen LogP contribution is 2.26. The summed E-state index contributed by atoms with van der Waals surface area (Å²) in [5.41, 5.74) is 5.82. The Labute approximate surface area is 153 Å². The van der Waals surface area contributed by atoms with Crippen LogP contribution in [0.3, 0.4) is 0 Å². The number of ether oxygens (including phenoxy) is 1. The lowest BCUT2D eigenvalue weighted by atomic mass is 10.1. The summed E-state index contributed by atoms with van der Waals surface area (Å²) in [7, 11) is 0. The Morgan fingerprint density at radius 2 is 2.15 bits per heavy atom. The van der Waals surface area contributed by atoms with Gasteiger partial charge in [-0.3, -0.25) is 4.79 Å². The smallest absolute Gasteiger partial charge is 0.317 e. The molecule has 3 N–H and O–H groups in total. The number of amides is 3. The molecule has 3 rings (SSSR count). The molecule has 1 aliphatic heterocycles. The van der Waals surface area contributed by atoms with E-state index in [0.29, 0.717) is 31.0 Å². The largest absolute Gasteiger partial charge is 0.454 e. The Kier molecular flexibility index (Phi) is 5.43. The maximum atomic E-state index is 13.3. The second kappa shape index (κ2) is 7.76. The summed E-state index contributed by atoms with van der Waals surface area (Å²) in [5, 5.41) is 2.72. The number of carbonyl (C=O) groups is 2. The van der Waals surface area contributed by atoms with Crippen molar-refractivity contribution in [3.05, 3.63) is 58.3 Å². The summed E-state index contributed by atoms with van der Waals surface area (Å²) in [4.78, 5) is 24.9. The van der Waals surface area contributed by atoms with Gasteiger partial charge in [0.25, 0.3) is 5.91 Å². The Bertz CT molecular complexity index is 826. The van der Waals surface area contributed by atoms with Gasteiger partial charge in [-0.1, -0.05) is 17.7 Å². The number of benzene rings is 1. The van der Waals surface area contributed by atoms with Crippen LogP contribution in [0.25, 0.3) is 0 Å². The summed E-state index contributed by atoms with van der Waals surface area (Å²) >= 11 is 5.81. The fourth-order valence-corrected chi connectivity index (χ4v) is 2.82. The van der Waals surface area contributed by atoms with Gasteiger partial charge in [0, 0.05) is 6.54 Å². The van der Waals surface area contributed by atoms with E-state index in [1.165, 1.54) is 18.2 Å². The molecule has 1 saturated heterocycles. The third kappa shape index (κ3) is 4.14. The van der Waals surface area contributed by atoms with E-state index in [-0.39, 0.29) is 23.4 Å². The van der Waals surface area contributed by atoms with Gasteiger partial charge >= 0.3 is 6.03 Å². The molecule has 2 heterocycles. The maximum absolute atomic E-state index is 13.3. The monoisotopic (exact) mass is 381 g/mol. The van der Waals surface area contributed by atoms with Crippen molar-refractivity contribution < 1.29 is 23.1 Å². The first kappa shape index (κ1) is 18.2. The number of furan rings is 1. The molecular formula is C17H17ClFN3O4. The number of nitrogens with two attached hydrogens (primary N) is 1. The zero-order valence-electron chi connectivity index (χ0n) is 13.7. The first-order chi connectivity index (χ1) is 12.4. The minimum absolute atomic E-state index is 0.00995. The van der Waals surface area contributed by atoms with Crippen LogP contribution in [0, 0.1) is 5.82 Å². The van der Waals surface area contributed by atoms with Crippen LogP contribution >= 0.6 is 11.6 Å². The van der Waals surface area contributed by atoms with Crippen molar-refractivity contribution in [3.63, 3.8) is 0 Å². The van der Waals surface area contributed by atoms with Gasteiger partial charge < -0.3 is 25.1 Å². The first-order valence-corrected chi connectivity index (χ1v) is 8.29. The van der Waals surface area contributed by atoms with Gasteiger partial charge in [0.1, 0.15) is 17.7 Å². The van der Waals surface area contributed by atoms with Crippen molar-refractivity contribution in [1.29, 1.82) is 0 Å². The SMILES string of the molecule is NC(=O)c1ccc(CNC(=O)N2CCO[C@H](c3ccc(F)c(Cl)c3)C2)o1. The minimum atomic E-state index is -0.670. The van der Waals surface area contributed by atoms with E-state index in [4.69, 9.17) is 26.5 Å². The number of morpholine rings is 1. The molecule has 0 bridgehead atoms. The van der Waals surface area contributed by atoms with E-state index >= 15 is 0 Å². The molecular weight excluding hydrogens is 365 g/mol. The molecule has 1 aliphatic rings. The second-order valence-electron chi connectivity index (χ2n) is 5.77. The molecule has 0 spiro atoms. The Morgan fingerprint density at radius 3 is 2.85 bits per heavy atom. The Balaban J connectivity index is 1.58. The number of hydrogen-bond acceptors (Lipinski definition) is 4. The lowest BCUT2D eigenvalue weighted by molar-refractivity contribution is -0.0155. The van der Waals surface area contributed by atoms with Crippen LogP contribution < -0.4 is 11.1 Å². The third-order valence-electron chi connectivity index (χ3n) is 3.99. The van der Waals surface area contributed by atoms with Gasteiger partial charge in [0.05, 0.1) is 24.7 Å². The van der Waals surface area contributed by atoms with Crippen LogP contribution in [0.2, 0.25) is 5.02 Å². The summed E-state index contributed by atoms with van der Waals surface area (Å²) in [6.07, 6.45) is -0.391. The van der Waals surface area contributed by atoms with E-state index in [2.05, 4.69) is 5.32 Å². The van der Waals surface area contributed by atoms with Crippen molar-refractivity contribution in [1.82, 2.24) is 10.2 Å². The van der Waals surface area contributed by atoms with E-state index < -0.39 is 17.8 Å². The average Bonchev–Trinajstić information content (AvgIpc) is 3.11. The molecule has 1 atom stereocenters. The van der Waals surface area contributed by atoms with Crippen LogP contribution in [-0.4, -0.2) is 36.5 Å². The molecule has 2 aromatic rings. The summed E-state index contributed by atoms with van der Waals surface area (Å²) in [6.45, 7) is 1.19. The highest BCUT2D eigenvalue weighted by atomic mass is 35.5. The van der Waals surface area contributed by atoms with Crippen LogP contribution in [0.5, 0.6) is 0 Å². The zero-order chi connectivity index (χ0) is 18.7. The van der Waals surface area contributed by atoms with Crippen LogP contribution in [-0.2, 0) is 11.3 Å². The molecule has 0 radical (unpaired) electrons. The average molecular weight is 382 g/mol. The lowest BCUT2D eigenvalue weighted by Gasteiger charge is -2.33. The van der Waals surface area contributed by atoms with Crippen LogP contribution in [0.15, 0.2) is 34.7 Å². The number of nitrogens with one attached hydrogen (secondary N) is 1. The number of halogens is 2. The number of nitrogens with zero attached hydrogens (tertiary/aromatic N) is 1. The van der Waals surface area contributed by atoms with E-state index in [9.17, 15) is 14.0 Å². The number of rotatable bonds is 4. The summed E-state index contributed by atoms with van der Waals surface area (Å²) in [6, 6.07) is 7.07. The van der Waals surface area contributed by atoms with Crippen LogP contribution in [0.4, 0.5) is 9.18 Å². The molecule has 1 fully saturated rings. The van der Waals surface area contributed by atoms with Gasteiger partial charge in [0.2, 0.25) is 0 Å². The Hall–Kier alpha value is -2.58. The van der Waals surface area contributed by atoms with E-state index in [1.54, 1.807) is 17.0 Å². The highest BCUT2D eigenvalue weighted by Gasteiger charge is 2.26. The zero-order valence-corrected chi connectivity index (χ0v) is 14.5. The number of urea groups is 1. The fourth-order valence-electron chi connectivity index (χ4n) is 2.63. The van der Waals surface area contributed by atoms with Crippen molar-refractivity contribution in [2.45, 2.75) is 12.6 Å². The standard InChI is InChI=1S/C17H17ClFN3O4/c18-12-7-10(1-3-13(12)19)15-9-22(5-6-25-15)17(24)21-8-11-2-4-14(26-11)16(20)23/h1-4,7,15H,5-6,8-9H2,(H2,20,23)(H,21,24)/t15-/m0/s1. The lowest BCUT2D eigenvalue weighted by Crippen LogP contribution is -2.46. The summed E-state index contributed by atoms with van der Waals surface area (Å²) in [5.74, 6) is -0.720. The van der Waals surface area contributed by atoms with E-state index in [0.717, 1.165) is 0 Å². The molecule has 1 aromatic carbocycles. The number of primary amides is 1. The predicted molar refractivity (Wildman–Crippen MR) is 91.1 cm³/mol. The topological polar surface area (TPSA) is 97.8 Å². The first-order valence-electron chi connectivity index (χ1n) is 7.92. The van der Waals surface area contributed by atoms with Crippen molar-refractivity contribution in [2.75, 3.05) is 19.7 Å². The highest BCUT2D eigenvalue weighted by molar-refractivity contribution is 6.30. The third-order valence-corrected chi connectivity index (χ3v) is 4.28. The van der Waals surface area contributed by atoms with Crippen molar-refractivity contribution in [2.24, 2.45) is 5.73 Å². The molecule has 0 unspecified atom stereocenters.